The van der Waals surface area contributed by atoms with Crippen LogP contribution in [0.2, 0.25) is 0 Å². The number of fused-ring (bicyclic) bond motifs is 2. The molecule has 45 heavy (non-hydrogen) atoms. The zero-order chi connectivity index (χ0) is 32.0. The number of carbonyl (C=O) groups is 1. The summed E-state index contributed by atoms with van der Waals surface area (Å²) < 4.78 is 12.1. The van der Waals surface area contributed by atoms with E-state index in [9.17, 15) is 9.90 Å². The quantitative estimate of drug-likeness (QED) is 0.365. The molecule has 0 radical (unpaired) electrons. The van der Waals surface area contributed by atoms with E-state index in [1.165, 1.54) is 11.8 Å². The molecule has 3 aliphatic rings. The number of aromatic hydroxyl groups is 1. The second-order valence-corrected chi connectivity index (χ2v) is 14.6. The van der Waals surface area contributed by atoms with Crippen LogP contribution in [0.3, 0.4) is 0 Å². The van der Waals surface area contributed by atoms with Crippen molar-refractivity contribution in [3.8, 4) is 11.8 Å². The summed E-state index contributed by atoms with van der Waals surface area (Å²) in [4.78, 5) is 29.8. The van der Waals surface area contributed by atoms with E-state index in [4.69, 9.17) is 19.4 Å². The third-order valence-electron chi connectivity index (χ3n) is 9.85. The molecule has 242 valence electrons. The molecule has 1 aliphatic carbocycles. The Morgan fingerprint density at radius 3 is 2.47 bits per heavy atom. The van der Waals surface area contributed by atoms with Gasteiger partial charge in [0.25, 0.3) is 0 Å². The Kier molecular flexibility index (Phi) is 8.59. The van der Waals surface area contributed by atoms with Gasteiger partial charge in [0.15, 0.2) is 0 Å². The van der Waals surface area contributed by atoms with E-state index < -0.39 is 5.60 Å². The van der Waals surface area contributed by atoms with Crippen LogP contribution in [0, 0.1) is 5.92 Å². The number of carbonyl (C=O) groups excluding carboxylic acids is 1. The molecule has 3 heterocycles. The zero-order valence-corrected chi connectivity index (χ0v) is 27.9. The van der Waals surface area contributed by atoms with Crippen LogP contribution in [-0.2, 0) is 17.6 Å². The van der Waals surface area contributed by atoms with Crippen molar-refractivity contribution >= 4 is 22.7 Å². The van der Waals surface area contributed by atoms with Crippen molar-refractivity contribution in [1.82, 2.24) is 19.8 Å². The molecule has 3 aromatic rings. The molecule has 2 aromatic carbocycles. The number of benzene rings is 2. The van der Waals surface area contributed by atoms with Crippen molar-refractivity contribution < 1.29 is 19.4 Å². The highest BCUT2D eigenvalue weighted by molar-refractivity contribution is 5.87. The van der Waals surface area contributed by atoms with Gasteiger partial charge in [-0.1, -0.05) is 31.2 Å². The highest BCUT2D eigenvalue weighted by Crippen LogP contribution is 2.44. The summed E-state index contributed by atoms with van der Waals surface area (Å²) in [6.45, 7) is 15.1. The molecule has 1 amide bonds. The van der Waals surface area contributed by atoms with Gasteiger partial charge >= 0.3 is 12.1 Å². The summed E-state index contributed by atoms with van der Waals surface area (Å²) >= 11 is 0. The Labute approximate surface area is 267 Å². The van der Waals surface area contributed by atoms with Gasteiger partial charge in [-0.3, -0.25) is 0 Å². The maximum Gasteiger partial charge on any atom is 0.410 e. The van der Waals surface area contributed by atoms with Gasteiger partial charge in [-0.2, -0.15) is 9.97 Å². The number of amides is 1. The first-order chi connectivity index (χ1) is 21.4. The van der Waals surface area contributed by atoms with Crippen molar-refractivity contribution in [1.29, 1.82) is 0 Å². The minimum absolute atomic E-state index is 0.0251. The van der Waals surface area contributed by atoms with E-state index in [-0.39, 0.29) is 24.1 Å². The molecule has 2 saturated heterocycles. The van der Waals surface area contributed by atoms with E-state index >= 15 is 0 Å². The third kappa shape index (κ3) is 6.55. The van der Waals surface area contributed by atoms with Crippen LogP contribution in [0.15, 0.2) is 36.4 Å². The maximum absolute atomic E-state index is 13.0. The molecule has 2 fully saturated rings. The van der Waals surface area contributed by atoms with Gasteiger partial charge < -0.3 is 29.3 Å². The average molecular weight is 616 g/mol. The molecule has 0 spiro atoms. The summed E-state index contributed by atoms with van der Waals surface area (Å²) in [6, 6.07) is 12.9. The van der Waals surface area contributed by atoms with Gasteiger partial charge in [0, 0.05) is 36.8 Å². The van der Waals surface area contributed by atoms with Crippen LogP contribution >= 0.6 is 0 Å². The van der Waals surface area contributed by atoms with Crippen molar-refractivity contribution in [2.24, 2.45) is 5.92 Å². The number of piperazine rings is 1. The highest BCUT2D eigenvalue weighted by atomic mass is 16.6. The van der Waals surface area contributed by atoms with Crippen LogP contribution in [0.1, 0.15) is 77.1 Å². The van der Waals surface area contributed by atoms with Crippen molar-refractivity contribution in [2.45, 2.75) is 96.9 Å². The zero-order valence-electron chi connectivity index (χ0n) is 27.9. The molecule has 2 unspecified atom stereocenters. The number of aromatic nitrogens is 2. The second kappa shape index (κ2) is 12.3. The van der Waals surface area contributed by atoms with E-state index in [0.717, 1.165) is 53.8 Å². The van der Waals surface area contributed by atoms with Crippen molar-refractivity contribution in [3.05, 3.63) is 53.2 Å². The number of hydrogen-bond acceptors (Lipinski definition) is 8. The van der Waals surface area contributed by atoms with Gasteiger partial charge in [0.1, 0.15) is 23.8 Å². The second-order valence-electron chi connectivity index (χ2n) is 14.6. The van der Waals surface area contributed by atoms with Gasteiger partial charge in [-0.05, 0) is 114 Å². The number of likely N-dealkylation sites (N-methyl/N-ethyl adjacent to an activating group) is 1. The molecule has 9 nitrogen and oxygen atoms in total. The lowest BCUT2D eigenvalue weighted by Gasteiger charge is -2.46. The summed E-state index contributed by atoms with van der Waals surface area (Å²) in [7, 11) is 2.15. The number of nitrogens with zero attached hydrogens (tertiary/aromatic N) is 5. The van der Waals surface area contributed by atoms with Crippen LogP contribution in [0.4, 0.5) is 10.6 Å². The number of phenolic OH excluding ortho intramolecular Hbond substituents is 1. The lowest BCUT2D eigenvalue weighted by Crippen LogP contribution is -2.59. The third-order valence-corrected chi connectivity index (χ3v) is 9.85. The smallest absolute Gasteiger partial charge is 0.410 e. The van der Waals surface area contributed by atoms with Crippen LogP contribution in [0.5, 0.6) is 11.8 Å². The number of phenols is 1. The Balaban J connectivity index is 1.35. The fourth-order valence-corrected chi connectivity index (χ4v) is 7.65. The summed E-state index contributed by atoms with van der Waals surface area (Å²) in [5.41, 5.74) is 2.79. The minimum atomic E-state index is -0.542. The van der Waals surface area contributed by atoms with Gasteiger partial charge in [-0.15, -0.1) is 0 Å². The van der Waals surface area contributed by atoms with Gasteiger partial charge in [0.2, 0.25) is 0 Å². The van der Waals surface area contributed by atoms with Crippen LogP contribution in [0.25, 0.3) is 10.8 Å². The number of rotatable bonds is 5. The number of hydrogen-bond donors (Lipinski definition) is 1. The normalized spacial score (nSPS) is 25.8. The predicted octanol–water partition coefficient (Wildman–Crippen LogP) is 6.16. The fourth-order valence-electron chi connectivity index (χ4n) is 7.65. The monoisotopic (exact) mass is 615 g/mol. The number of anilines is 1. The van der Waals surface area contributed by atoms with E-state index in [1.54, 1.807) is 0 Å². The van der Waals surface area contributed by atoms with Crippen molar-refractivity contribution in [3.63, 3.8) is 0 Å². The Morgan fingerprint density at radius 2 is 1.78 bits per heavy atom. The molecule has 9 heteroatoms. The highest BCUT2D eigenvalue weighted by Gasteiger charge is 2.39. The predicted molar refractivity (Wildman–Crippen MR) is 177 cm³/mol. The lowest BCUT2D eigenvalue weighted by molar-refractivity contribution is 0.0192. The summed E-state index contributed by atoms with van der Waals surface area (Å²) in [5, 5.41) is 12.9. The topological polar surface area (TPSA) is 91.3 Å². The summed E-state index contributed by atoms with van der Waals surface area (Å²) in [5.74, 6) is 1.70. The average Bonchev–Trinajstić information content (AvgIpc) is 3.38. The summed E-state index contributed by atoms with van der Waals surface area (Å²) in [6.07, 6.45) is 3.57. The Hall–Kier alpha value is -3.59. The van der Waals surface area contributed by atoms with Gasteiger partial charge in [-0.25, -0.2) is 4.79 Å². The van der Waals surface area contributed by atoms with E-state index in [0.29, 0.717) is 43.4 Å². The van der Waals surface area contributed by atoms with Crippen LogP contribution < -0.4 is 9.64 Å². The first kappa shape index (κ1) is 31.4. The standard InChI is InChI=1S/C36H49N5O4/c1-22-15-31-32(18-29(22)30-17-27(42)16-25-11-8-9-13-28(25)30)37-34(44-21-26-12-10-14-39(26)7)38-33(31)41-23(2)19-40(20-24(41)3)35(43)45-36(4,5)6/h8-9,11,13,16-17,22-24,26,29,42H,10,12,14-15,18-21H2,1-7H3/t22?,23-,24-,26-,29?/m0/s1. The molecule has 2 aliphatic heterocycles. The Morgan fingerprint density at radius 1 is 1.04 bits per heavy atom. The van der Waals surface area contributed by atoms with E-state index in [2.05, 4.69) is 55.8 Å². The fraction of sp³-hybridized carbons (Fsp3) is 0.583. The molecular weight excluding hydrogens is 566 g/mol. The molecule has 0 bridgehead atoms. The Bertz CT molecular complexity index is 1540. The molecule has 6 rings (SSSR count). The molecule has 1 N–H and O–H groups in total. The molecular formula is C36H49N5O4. The first-order valence-corrected chi connectivity index (χ1v) is 16.6. The molecule has 1 aromatic heterocycles. The molecule has 0 saturated carbocycles. The molecule has 5 atom stereocenters. The SMILES string of the molecule is CC1Cc2c(nc(OC[C@@H]3CCCN3C)nc2N2[C@@H](C)CN(C(=O)OC(C)(C)C)C[C@@H]2C)CC1c1cc(O)cc2ccccc12. The number of ether oxygens (including phenoxy) is 2. The van der Waals surface area contributed by atoms with Crippen LogP contribution in [-0.4, -0.2) is 88.0 Å². The minimum Gasteiger partial charge on any atom is -0.508 e. The number of likely N-dealkylation sites (tertiary alicyclic amines) is 1. The van der Waals surface area contributed by atoms with Crippen molar-refractivity contribution in [2.75, 3.05) is 38.2 Å². The maximum atomic E-state index is 13.0. The first-order valence-electron chi connectivity index (χ1n) is 16.6. The largest absolute Gasteiger partial charge is 0.508 e. The van der Waals surface area contributed by atoms with E-state index in [1.807, 2.05) is 43.9 Å². The lowest BCUT2D eigenvalue weighted by atomic mass is 9.74. The van der Waals surface area contributed by atoms with Gasteiger partial charge in [0.05, 0.1) is 5.69 Å².